The molecule has 0 amide bonds. The molecular formula is C67H34N6S3. The smallest absolute Gasteiger partial charge is 0.104 e. The van der Waals surface area contributed by atoms with Crippen molar-refractivity contribution in [2.24, 2.45) is 0 Å². The number of thiophene rings is 3. The third-order valence-electron chi connectivity index (χ3n) is 15.8. The Labute approximate surface area is 444 Å². The third-order valence-corrected chi connectivity index (χ3v) is 19.4. The molecule has 0 fully saturated rings. The maximum atomic E-state index is 12.6. The Hall–Kier alpha value is -9.61. The standard InChI is InChI=1S/C67H34N6S3/c68-35-46-58(48-21-13-14-34-70-48)64(73-51-24-9-3-20-45(51)61-54(73)33-30-42-39-17-6-12-27-57(39)76-67(42)61)63(72-50-23-8-2-19-44(50)60-53(72)32-29-41-38-16-5-11-26-56(38)75-66(41)60)47(36-69)62(46)71-49-22-7-1-18-43(49)59-52(71)31-28-40-37-15-4-10-25-55(37)74-65(40)59/h1-34H. The topological polar surface area (TPSA) is 75.3 Å². The fourth-order valence-electron chi connectivity index (χ4n) is 12.8. The van der Waals surface area contributed by atoms with Gasteiger partial charge in [-0.25, -0.2) is 0 Å². The van der Waals surface area contributed by atoms with E-state index in [1.807, 2.05) is 24.4 Å². The summed E-state index contributed by atoms with van der Waals surface area (Å²) < 4.78 is 14.1. The minimum absolute atomic E-state index is 0.356. The molecule has 0 saturated heterocycles. The fourth-order valence-corrected chi connectivity index (χ4v) is 16.5. The lowest BCUT2D eigenvalue weighted by Crippen LogP contribution is -2.14. The van der Waals surface area contributed by atoms with Crippen LogP contribution in [0.3, 0.4) is 0 Å². The predicted molar refractivity (Wildman–Crippen MR) is 321 cm³/mol. The molecule has 0 radical (unpaired) electrons. The number of nitrogens with zero attached hydrogens (tertiary/aromatic N) is 6. The number of para-hydroxylation sites is 3. The van der Waals surface area contributed by atoms with Crippen LogP contribution in [0.4, 0.5) is 0 Å². The zero-order valence-electron chi connectivity index (χ0n) is 40.0. The zero-order chi connectivity index (χ0) is 49.9. The number of fused-ring (bicyclic) bond motifs is 21. The second kappa shape index (κ2) is 15.5. The molecule has 0 N–H and O–H groups in total. The second-order valence-corrected chi connectivity index (χ2v) is 22.6. The molecule has 0 saturated carbocycles. The molecule has 10 aromatic carbocycles. The van der Waals surface area contributed by atoms with Crippen molar-refractivity contribution in [2.45, 2.75) is 0 Å². The van der Waals surface area contributed by atoms with Crippen LogP contribution in [0.25, 0.3) is 154 Å². The summed E-state index contributed by atoms with van der Waals surface area (Å²) in [5.74, 6) is 0. The number of pyridine rings is 1. The van der Waals surface area contributed by atoms with Crippen LogP contribution in [0.5, 0.6) is 0 Å². The SMILES string of the molecule is N#Cc1c(-c2ccccn2)c(-n2c3ccccc3c3c4sc5ccccc5c4ccc32)c(-n2c3ccccc3c3c4sc5ccccc5c4ccc32)c(C#N)c1-n1c2ccccc2c2c3sc4ccccc4c3ccc21. The number of benzene rings is 10. The van der Waals surface area contributed by atoms with E-state index in [0.29, 0.717) is 39.4 Å². The molecule has 0 unspecified atom stereocenters. The molecule has 0 aliphatic carbocycles. The van der Waals surface area contributed by atoms with Crippen LogP contribution < -0.4 is 0 Å². The van der Waals surface area contributed by atoms with Gasteiger partial charge in [0.25, 0.3) is 0 Å². The Bertz CT molecular complexity index is 5510. The normalized spacial score (nSPS) is 12.2. The quantitative estimate of drug-likeness (QED) is 0.176. The molecule has 7 aromatic heterocycles. The summed E-state index contributed by atoms with van der Waals surface area (Å²) in [5.41, 5.74) is 9.51. The molecule has 9 heteroatoms. The summed E-state index contributed by atoms with van der Waals surface area (Å²) >= 11 is 5.40. The first-order valence-corrected chi connectivity index (χ1v) is 27.6. The van der Waals surface area contributed by atoms with Crippen molar-refractivity contribution >= 4 is 160 Å². The summed E-state index contributed by atoms with van der Waals surface area (Å²) in [7, 11) is 0. The Morgan fingerprint density at radius 3 is 1.09 bits per heavy atom. The Kier molecular flexibility index (Phi) is 8.51. The van der Waals surface area contributed by atoms with Gasteiger partial charge in [0, 0.05) is 105 Å². The molecular weight excluding hydrogens is 985 g/mol. The predicted octanol–water partition coefficient (Wildman–Crippen LogP) is 18.9. The van der Waals surface area contributed by atoms with Gasteiger partial charge in [0.15, 0.2) is 0 Å². The van der Waals surface area contributed by atoms with Crippen molar-refractivity contribution in [3.05, 3.63) is 218 Å². The number of hydrogen-bond acceptors (Lipinski definition) is 6. The average molecular weight is 1020 g/mol. The van der Waals surface area contributed by atoms with E-state index < -0.39 is 0 Å². The minimum atomic E-state index is 0.356. The Morgan fingerprint density at radius 2 is 0.684 bits per heavy atom. The molecule has 17 rings (SSSR count). The van der Waals surface area contributed by atoms with Gasteiger partial charge in [0.2, 0.25) is 0 Å². The number of aromatic nitrogens is 4. The Morgan fingerprint density at radius 1 is 0.316 bits per heavy atom. The van der Waals surface area contributed by atoms with Gasteiger partial charge in [-0.1, -0.05) is 133 Å². The molecule has 0 aliphatic rings. The highest BCUT2D eigenvalue weighted by Crippen LogP contribution is 2.52. The van der Waals surface area contributed by atoms with Crippen LogP contribution in [0.1, 0.15) is 11.1 Å². The van der Waals surface area contributed by atoms with E-state index in [-0.39, 0.29) is 0 Å². The van der Waals surface area contributed by atoms with Crippen molar-refractivity contribution < 1.29 is 0 Å². The van der Waals surface area contributed by atoms with Crippen LogP contribution >= 0.6 is 34.0 Å². The van der Waals surface area contributed by atoms with Gasteiger partial charge >= 0.3 is 0 Å². The van der Waals surface area contributed by atoms with Gasteiger partial charge in [-0.3, -0.25) is 4.98 Å². The first-order valence-electron chi connectivity index (χ1n) is 25.2. The van der Waals surface area contributed by atoms with Crippen LogP contribution in [-0.4, -0.2) is 18.7 Å². The van der Waals surface area contributed by atoms with E-state index in [0.717, 1.165) is 65.4 Å². The number of hydrogen-bond donors (Lipinski definition) is 0. The highest BCUT2D eigenvalue weighted by atomic mass is 32.1. The molecule has 17 aromatic rings. The van der Waals surface area contributed by atoms with E-state index in [9.17, 15) is 10.5 Å². The van der Waals surface area contributed by atoms with Crippen LogP contribution in [-0.2, 0) is 0 Å². The average Bonchev–Trinajstić information content (AvgIpc) is 4.34. The molecule has 0 spiro atoms. The van der Waals surface area contributed by atoms with E-state index in [4.69, 9.17) is 4.98 Å². The van der Waals surface area contributed by atoms with Crippen molar-refractivity contribution in [3.8, 4) is 40.5 Å². The first kappa shape index (κ1) is 41.8. The minimum Gasteiger partial charge on any atom is -0.306 e. The Balaban J connectivity index is 1.14. The van der Waals surface area contributed by atoms with E-state index in [1.165, 1.54) is 60.5 Å². The highest BCUT2D eigenvalue weighted by molar-refractivity contribution is 7.27. The molecule has 76 heavy (non-hydrogen) atoms. The van der Waals surface area contributed by atoms with Crippen LogP contribution in [0.15, 0.2) is 206 Å². The van der Waals surface area contributed by atoms with Crippen molar-refractivity contribution in [3.63, 3.8) is 0 Å². The first-order chi connectivity index (χ1) is 37.7. The maximum Gasteiger partial charge on any atom is 0.104 e. The van der Waals surface area contributed by atoms with Crippen LogP contribution in [0.2, 0.25) is 0 Å². The highest BCUT2D eigenvalue weighted by Gasteiger charge is 2.34. The van der Waals surface area contributed by atoms with E-state index in [2.05, 4.69) is 208 Å². The molecule has 7 heterocycles. The monoisotopic (exact) mass is 1020 g/mol. The number of rotatable bonds is 4. The van der Waals surface area contributed by atoms with Gasteiger partial charge in [0.1, 0.15) is 17.7 Å². The molecule has 0 atom stereocenters. The van der Waals surface area contributed by atoms with E-state index in [1.54, 1.807) is 34.0 Å². The molecule has 0 bridgehead atoms. The van der Waals surface area contributed by atoms with Gasteiger partial charge < -0.3 is 13.7 Å². The maximum absolute atomic E-state index is 12.6. The number of nitriles is 2. The summed E-state index contributed by atoms with van der Waals surface area (Å²) in [4.78, 5) is 5.19. The van der Waals surface area contributed by atoms with Crippen molar-refractivity contribution in [1.29, 1.82) is 10.5 Å². The lowest BCUT2D eigenvalue weighted by molar-refractivity contribution is 1.06. The third kappa shape index (κ3) is 5.38. The largest absolute Gasteiger partial charge is 0.306 e. The van der Waals surface area contributed by atoms with Gasteiger partial charge in [0.05, 0.1) is 61.4 Å². The molecule has 0 aliphatic heterocycles. The van der Waals surface area contributed by atoms with Gasteiger partial charge in [-0.05, 0) is 66.7 Å². The van der Waals surface area contributed by atoms with Gasteiger partial charge in [-0.15, -0.1) is 34.0 Å². The second-order valence-electron chi connectivity index (χ2n) is 19.5. The van der Waals surface area contributed by atoms with Crippen molar-refractivity contribution in [2.75, 3.05) is 0 Å². The lowest BCUT2D eigenvalue weighted by atomic mass is 9.93. The van der Waals surface area contributed by atoms with Crippen LogP contribution in [0, 0.1) is 22.7 Å². The molecule has 6 nitrogen and oxygen atoms in total. The van der Waals surface area contributed by atoms with E-state index >= 15 is 0 Å². The summed E-state index contributed by atoms with van der Waals surface area (Å²) in [6, 6.07) is 76.6. The lowest BCUT2D eigenvalue weighted by Gasteiger charge is -2.26. The summed E-state index contributed by atoms with van der Waals surface area (Å²) in [6.07, 6.45) is 1.81. The van der Waals surface area contributed by atoms with Crippen molar-refractivity contribution in [1.82, 2.24) is 18.7 Å². The summed E-state index contributed by atoms with van der Waals surface area (Å²) in [5, 5.41) is 38.6. The van der Waals surface area contributed by atoms with Gasteiger partial charge in [-0.2, -0.15) is 10.5 Å². The summed E-state index contributed by atoms with van der Waals surface area (Å²) in [6.45, 7) is 0. The fraction of sp³-hybridized carbons (Fsp3) is 0. The molecule has 350 valence electrons. The zero-order valence-corrected chi connectivity index (χ0v) is 42.5.